The second-order valence-electron chi connectivity index (χ2n) is 5.19. The molecule has 7 heteroatoms. The predicted octanol–water partition coefficient (Wildman–Crippen LogP) is 2.81. The van der Waals surface area contributed by atoms with Gasteiger partial charge in [-0.3, -0.25) is 0 Å². The average Bonchev–Trinajstić information content (AvgIpc) is 2.94. The van der Waals surface area contributed by atoms with Crippen LogP contribution >= 0.6 is 12.4 Å². The molecular formula is C17H19ClN2O3S. The minimum Gasteiger partial charge on any atom is -0.497 e. The van der Waals surface area contributed by atoms with Gasteiger partial charge in [0, 0.05) is 11.6 Å². The molecule has 0 aliphatic carbocycles. The third-order valence-electron chi connectivity index (χ3n) is 3.77. The van der Waals surface area contributed by atoms with Gasteiger partial charge < -0.3 is 10.5 Å². The first-order chi connectivity index (χ1) is 11.1. The second kappa shape index (κ2) is 7.25. The highest BCUT2D eigenvalue weighted by Gasteiger charge is 2.21. The molecule has 0 saturated heterocycles. The van der Waals surface area contributed by atoms with Crippen molar-refractivity contribution in [3.8, 4) is 5.75 Å². The molecule has 0 aliphatic heterocycles. The fraction of sp³-hybridized carbons (Fsp3) is 0.176. The van der Waals surface area contributed by atoms with Crippen LogP contribution in [0.2, 0.25) is 0 Å². The maximum absolute atomic E-state index is 12.9. The first-order valence-corrected chi connectivity index (χ1v) is 8.70. The molecular weight excluding hydrogens is 348 g/mol. The highest BCUT2D eigenvalue weighted by molar-refractivity contribution is 7.90. The number of hydrogen-bond donors (Lipinski definition) is 1. The lowest BCUT2D eigenvalue weighted by molar-refractivity contribution is 0.415. The molecule has 0 fully saturated rings. The van der Waals surface area contributed by atoms with Gasteiger partial charge >= 0.3 is 0 Å². The molecule has 3 rings (SSSR count). The van der Waals surface area contributed by atoms with E-state index in [2.05, 4.69) is 0 Å². The Balaban J connectivity index is 0.00000208. The minimum atomic E-state index is -3.65. The summed E-state index contributed by atoms with van der Waals surface area (Å²) < 4.78 is 32.4. The summed E-state index contributed by atoms with van der Waals surface area (Å²) in [5.41, 5.74) is 7.17. The zero-order chi connectivity index (χ0) is 16.4. The van der Waals surface area contributed by atoms with Gasteiger partial charge in [0.25, 0.3) is 10.0 Å². The Morgan fingerprint density at radius 1 is 1.12 bits per heavy atom. The average molecular weight is 367 g/mol. The summed E-state index contributed by atoms with van der Waals surface area (Å²) in [6.45, 7) is 0.446. The Bertz CT molecular complexity index is 937. The van der Waals surface area contributed by atoms with Crippen LogP contribution in [0.5, 0.6) is 5.75 Å². The van der Waals surface area contributed by atoms with E-state index in [9.17, 15) is 8.42 Å². The number of methoxy groups -OCH3 is 1. The standard InChI is InChI=1S/C17H18N2O3S.ClH/c1-22-14-7-8-17-16(11-14)13(9-10-18)12-19(17)23(20,21)15-5-3-2-4-6-15;/h2-8,11-12H,9-10,18H2,1H3;1H. The number of halogens is 1. The van der Waals surface area contributed by atoms with E-state index in [1.165, 1.54) is 3.97 Å². The van der Waals surface area contributed by atoms with Crippen molar-refractivity contribution in [2.75, 3.05) is 13.7 Å². The number of ether oxygens (including phenoxy) is 1. The first-order valence-electron chi connectivity index (χ1n) is 7.26. The lowest BCUT2D eigenvalue weighted by atomic mass is 10.1. The summed E-state index contributed by atoms with van der Waals surface area (Å²) in [5, 5.41) is 0.842. The van der Waals surface area contributed by atoms with Crippen LogP contribution in [0, 0.1) is 0 Å². The molecule has 24 heavy (non-hydrogen) atoms. The third-order valence-corrected chi connectivity index (χ3v) is 5.46. The Labute approximate surface area is 147 Å². The molecule has 3 aromatic rings. The molecule has 0 spiro atoms. The summed E-state index contributed by atoms with van der Waals surface area (Å²) >= 11 is 0. The SMILES string of the molecule is COc1ccc2c(c1)c(CCN)cn2S(=O)(=O)c1ccccc1.Cl. The molecule has 5 nitrogen and oxygen atoms in total. The largest absolute Gasteiger partial charge is 0.497 e. The fourth-order valence-electron chi connectivity index (χ4n) is 2.63. The molecule has 0 amide bonds. The van der Waals surface area contributed by atoms with Crippen molar-refractivity contribution >= 4 is 33.3 Å². The maximum Gasteiger partial charge on any atom is 0.268 e. The number of benzene rings is 2. The molecule has 0 saturated carbocycles. The third kappa shape index (κ3) is 3.13. The van der Waals surface area contributed by atoms with Gasteiger partial charge in [0.05, 0.1) is 17.5 Å². The maximum atomic E-state index is 12.9. The highest BCUT2D eigenvalue weighted by atomic mass is 35.5. The van der Waals surface area contributed by atoms with Crippen LogP contribution in [0.1, 0.15) is 5.56 Å². The van der Waals surface area contributed by atoms with E-state index in [1.807, 2.05) is 6.07 Å². The summed E-state index contributed by atoms with van der Waals surface area (Å²) in [5.74, 6) is 0.686. The number of aromatic nitrogens is 1. The lowest BCUT2D eigenvalue weighted by Crippen LogP contribution is -2.11. The number of rotatable bonds is 5. The van der Waals surface area contributed by atoms with Crippen molar-refractivity contribution in [3.05, 3.63) is 60.3 Å². The van der Waals surface area contributed by atoms with E-state index in [0.717, 1.165) is 10.9 Å². The highest BCUT2D eigenvalue weighted by Crippen LogP contribution is 2.29. The molecule has 2 aromatic carbocycles. The van der Waals surface area contributed by atoms with Crippen LogP contribution < -0.4 is 10.5 Å². The lowest BCUT2D eigenvalue weighted by Gasteiger charge is -2.07. The molecule has 2 N–H and O–H groups in total. The van der Waals surface area contributed by atoms with E-state index in [4.69, 9.17) is 10.5 Å². The van der Waals surface area contributed by atoms with E-state index >= 15 is 0 Å². The Hall–Kier alpha value is -2.02. The number of fused-ring (bicyclic) bond motifs is 1. The van der Waals surface area contributed by atoms with Crippen molar-refractivity contribution in [1.82, 2.24) is 3.97 Å². The molecule has 0 aliphatic rings. The van der Waals surface area contributed by atoms with Crippen LogP contribution in [0.25, 0.3) is 10.9 Å². The van der Waals surface area contributed by atoms with Crippen molar-refractivity contribution in [3.63, 3.8) is 0 Å². The van der Waals surface area contributed by atoms with Crippen LogP contribution in [0.15, 0.2) is 59.6 Å². The van der Waals surface area contributed by atoms with E-state index in [0.29, 0.717) is 24.2 Å². The van der Waals surface area contributed by atoms with Gasteiger partial charge in [0.15, 0.2) is 0 Å². The zero-order valence-electron chi connectivity index (χ0n) is 13.2. The van der Waals surface area contributed by atoms with Crippen LogP contribution in [0.3, 0.4) is 0 Å². The number of nitrogens with zero attached hydrogens (tertiary/aromatic N) is 1. The van der Waals surface area contributed by atoms with Crippen LogP contribution in [-0.2, 0) is 16.4 Å². The zero-order valence-corrected chi connectivity index (χ0v) is 14.8. The van der Waals surface area contributed by atoms with Gasteiger partial charge in [-0.1, -0.05) is 18.2 Å². The summed E-state index contributed by atoms with van der Waals surface area (Å²) in [7, 11) is -2.06. The molecule has 0 unspecified atom stereocenters. The van der Waals surface area contributed by atoms with Gasteiger partial charge in [0.1, 0.15) is 5.75 Å². The monoisotopic (exact) mass is 366 g/mol. The van der Waals surface area contributed by atoms with E-state index < -0.39 is 10.0 Å². The first kappa shape index (κ1) is 18.3. The van der Waals surface area contributed by atoms with Crippen molar-refractivity contribution < 1.29 is 13.2 Å². The normalized spacial score (nSPS) is 11.2. The van der Waals surface area contributed by atoms with Gasteiger partial charge in [-0.2, -0.15) is 0 Å². The van der Waals surface area contributed by atoms with E-state index in [-0.39, 0.29) is 17.3 Å². The van der Waals surface area contributed by atoms with Gasteiger partial charge in [-0.25, -0.2) is 12.4 Å². The predicted molar refractivity (Wildman–Crippen MR) is 97.5 cm³/mol. The van der Waals surface area contributed by atoms with Crippen LogP contribution in [0.4, 0.5) is 0 Å². The molecule has 1 aromatic heterocycles. The quantitative estimate of drug-likeness (QED) is 0.753. The smallest absolute Gasteiger partial charge is 0.268 e. The molecule has 128 valence electrons. The molecule has 0 radical (unpaired) electrons. The van der Waals surface area contributed by atoms with Gasteiger partial charge in [-0.05, 0) is 48.9 Å². The van der Waals surface area contributed by atoms with Crippen molar-refractivity contribution in [2.24, 2.45) is 5.73 Å². The molecule has 0 bridgehead atoms. The fourth-order valence-corrected chi connectivity index (χ4v) is 4.04. The van der Waals surface area contributed by atoms with E-state index in [1.54, 1.807) is 55.8 Å². The van der Waals surface area contributed by atoms with Crippen molar-refractivity contribution in [2.45, 2.75) is 11.3 Å². The number of hydrogen-bond acceptors (Lipinski definition) is 4. The minimum absolute atomic E-state index is 0. The molecule has 1 heterocycles. The second-order valence-corrected chi connectivity index (χ2v) is 7.00. The Kier molecular flexibility index (Phi) is 5.54. The summed E-state index contributed by atoms with van der Waals surface area (Å²) in [6, 6.07) is 13.8. The van der Waals surface area contributed by atoms with Gasteiger partial charge in [-0.15, -0.1) is 12.4 Å². The van der Waals surface area contributed by atoms with Crippen LogP contribution in [-0.4, -0.2) is 26.0 Å². The number of nitrogens with two attached hydrogens (primary N) is 1. The van der Waals surface area contributed by atoms with Crippen molar-refractivity contribution in [1.29, 1.82) is 0 Å². The summed E-state index contributed by atoms with van der Waals surface area (Å²) in [6.07, 6.45) is 2.25. The molecule has 0 atom stereocenters. The Morgan fingerprint density at radius 2 is 1.83 bits per heavy atom. The Morgan fingerprint density at radius 3 is 2.46 bits per heavy atom. The topological polar surface area (TPSA) is 74.3 Å². The summed E-state index contributed by atoms with van der Waals surface area (Å²) in [4.78, 5) is 0.256. The van der Waals surface area contributed by atoms with Gasteiger partial charge in [0.2, 0.25) is 0 Å².